The predicted molar refractivity (Wildman–Crippen MR) is 93.8 cm³/mol. The average Bonchev–Trinajstić information content (AvgIpc) is 2.84. The first kappa shape index (κ1) is 16.4. The minimum Gasteiger partial charge on any atom is -0.415 e. The van der Waals surface area contributed by atoms with Crippen molar-refractivity contribution in [3.8, 4) is 0 Å². The molecule has 2 aromatic heterocycles. The van der Waals surface area contributed by atoms with Crippen molar-refractivity contribution in [2.75, 3.05) is 25.1 Å². The summed E-state index contributed by atoms with van der Waals surface area (Å²) in [4.78, 5) is 12.0. The van der Waals surface area contributed by atoms with Crippen LogP contribution in [-0.2, 0) is 4.43 Å². The normalized spacial score (nSPS) is 12.9. The van der Waals surface area contributed by atoms with Crippen LogP contribution < -0.4 is 4.90 Å². The Balaban J connectivity index is 1.94. The monoisotopic (exact) mass is 323 g/mol. The zero-order valence-electron chi connectivity index (χ0n) is 13.8. The lowest BCUT2D eigenvalue weighted by Crippen LogP contribution is -2.42. The molecule has 0 amide bonds. The molecule has 0 saturated carbocycles. The van der Waals surface area contributed by atoms with Gasteiger partial charge in [0.25, 0.3) is 0 Å². The second-order valence-corrected chi connectivity index (χ2v) is 12.5. The Labute approximate surface area is 132 Å². The summed E-state index contributed by atoms with van der Waals surface area (Å²) in [6.45, 7) is 13.0. The molecule has 0 atom stereocenters. The van der Waals surface area contributed by atoms with Crippen LogP contribution in [0.5, 0.6) is 0 Å². The summed E-state index contributed by atoms with van der Waals surface area (Å²) in [7, 11) is 0.399. The fourth-order valence-corrected chi connectivity index (χ4v) is 3.41. The van der Waals surface area contributed by atoms with Gasteiger partial charge in [-0.15, -0.1) is 11.3 Å². The highest BCUT2D eigenvalue weighted by Gasteiger charge is 2.36. The lowest BCUT2D eigenvalue weighted by atomic mass is 10.2. The van der Waals surface area contributed by atoms with E-state index in [1.165, 1.54) is 0 Å². The van der Waals surface area contributed by atoms with E-state index in [0.717, 1.165) is 29.3 Å². The van der Waals surface area contributed by atoms with Gasteiger partial charge in [-0.1, -0.05) is 20.8 Å². The van der Waals surface area contributed by atoms with Crippen molar-refractivity contribution in [1.82, 2.24) is 9.97 Å². The molecule has 0 spiro atoms. The van der Waals surface area contributed by atoms with Crippen molar-refractivity contribution in [2.45, 2.75) is 38.9 Å². The number of hydrogen-bond acceptors (Lipinski definition) is 5. The van der Waals surface area contributed by atoms with Crippen molar-refractivity contribution in [3.63, 3.8) is 0 Å². The minimum absolute atomic E-state index is 0.255. The van der Waals surface area contributed by atoms with Crippen LogP contribution in [-0.4, -0.2) is 38.5 Å². The largest absolute Gasteiger partial charge is 0.415 e. The molecule has 2 rings (SSSR count). The highest BCUT2D eigenvalue weighted by Crippen LogP contribution is 2.36. The lowest BCUT2D eigenvalue weighted by molar-refractivity contribution is 0.295. The van der Waals surface area contributed by atoms with E-state index in [4.69, 9.17) is 4.43 Å². The second kappa shape index (κ2) is 6.02. The van der Waals surface area contributed by atoms with Gasteiger partial charge in [0, 0.05) is 13.6 Å². The Kier molecular flexibility index (Phi) is 4.70. The molecule has 0 radical (unpaired) electrons. The molecule has 21 heavy (non-hydrogen) atoms. The molecule has 0 unspecified atom stereocenters. The van der Waals surface area contributed by atoms with E-state index in [2.05, 4.69) is 55.8 Å². The molecule has 2 heterocycles. The van der Waals surface area contributed by atoms with E-state index in [9.17, 15) is 0 Å². The second-order valence-electron chi connectivity index (χ2n) is 6.88. The van der Waals surface area contributed by atoms with Crippen LogP contribution in [0.1, 0.15) is 20.8 Å². The minimum atomic E-state index is -1.66. The van der Waals surface area contributed by atoms with E-state index in [-0.39, 0.29) is 5.04 Å². The Morgan fingerprint density at radius 2 is 2.00 bits per heavy atom. The number of likely N-dealkylation sites (N-methyl/N-ethyl adjacent to an activating group) is 1. The van der Waals surface area contributed by atoms with Gasteiger partial charge in [-0.3, -0.25) is 0 Å². The summed E-state index contributed by atoms with van der Waals surface area (Å²) >= 11 is 1.58. The fraction of sp³-hybridized carbons (Fsp3) is 0.600. The molecule has 0 aliphatic heterocycles. The smallest absolute Gasteiger partial charge is 0.192 e. The average molecular weight is 324 g/mol. The quantitative estimate of drug-likeness (QED) is 0.775. The first-order valence-corrected chi connectivity index (χ1v) is 11.0. The number of anilines is 1. The molecule has 0 aliphatic rings. The Morgan fingerprint density at radius 3 is 2.67 bits per heavy atom. The molecule has 0 N–H and O–H groups in total. The molecule has 0 aromatic carbocycles. The summed E-state index contributed by atoms with van der Waals surface area (Å²) < 4.78 is 6.22. The van der Waals surface area contributed by atoms with Crippen LogP contribution in [0.4, 0.5) is 5.82 Å². The third kappa shape index (κ3) is 3.81. The first-order chi connectivity index (χ1) is 9.71. The van der Waals surface area contributed by atoms with Crippen LogP contribution in [0.25, 0.3) is 10.3 Å². The van der Waals surface area contributed by atoms with Crippen LogP contribution in [0.2, 0.25) is 18.1 Å². The topological polar surface area (TPSA) is 38.2 Å². The van der Waals surface area contributed by atoms with Gasteiger partial charge in [-0.25, -0.2) is 9.97 Å². The third-order valence-corrected chi connectivity index (χ3v) is 9.54. The van der Waals surface area contributed by atoms with Crippen LogP contribution in [0.15, 0.2) is 17.6 Å². The standard InChI is InChI=1S/C15H25N3OSSi/c1-15(2,3)21(5,6)19-10-9-18(4)13-8-7-12-14(17-13)20-11-16-12/h7-8,11H,9-10H2,1-6H3. The van der Waals surface area contributed by atoms with E-state index in [1.54, 1.807) is 11.3 Å². The van der Waals surface area contributed by atoms with Crippen LogP contribution in [0, 0.1) is 0 Å². The maximum atomic E-state index is 6.22. The molecule has 0 bridgehead atoms. The molecular formula is C15H25N3OSSi. The number of rotatable bonds is 5. The SMILES string of the molecule is CN(CCO[Si](C)(C)C(C)(C)C)c1ccc2ncsc2n1. The fourth-order valence-electron chi connectivity index (χ4n) is 1.72. The van der Waals surface area contributed by atoms with E-state index in [1.807, 2.05) is 17.6 Å². The number of nitrogens with zero attached hydrogens (tertiary/aromatic N) is 3. The van der Waals surface area contributed by atoms with Crippen molar-refractivity contribution < 1.29 is 4.43 Å². The Morgan fingerprint density at radius 1 is 1.29 bits per heavy atom. The van der Waals surface area contributed by atoms with Crippen LogP contribution in [0.3, 0.4) is 0 Å². The number of fused-ring (bicyclic) bond motifs is 1. The Hall–Kier alpha value is -0.983. The van der Waals surface area contributed by atoms with E-state index in [0.29, 0.717) is 0 Å². The van der Waals surface area contributed by atoms with Crippen molar-refractivity contribution in [3.05, 3.63) is 17.6 Å². The number of thiazole rings is 1. The van der Waals surface area contributed by atoms with Crippen molar-refractivity contribution in [2.24, 2.45) is 0 Å². The maximum absolute atomic E-state index is 6.22. The van der Waals surface area contributed by atoms with Crippen LogP contribution >= 0.6 is 11.3 Å². The highest BCUT2D eigenvalue weighted by molar-refractivity contribution is 7.16. The number of pyridine rings is 1. The highest BCUT2D eigenvalue weighted by atomic mass is 32.1. The van der Waals surface area contributed by atoms with Gasteiger partial charge in [0.05, 0.1) is 12.1 Å². The summed E-state index contributed by atoms with van der Waals surface area (Å²) in [5.41, 5.74) is 2.80. The van der Waals surface area contributed by atoms with Gasteiger partial charge < -0.3 is 9.33 Å². The molecule has 6 heteroatoms. The number of aromatic nitrogens is 2. The van der Waals surface area contributed by atoms with Gasteiger partial charge in [-0.05, 0) is 30.3 Å². The number of hydrogen-bond donors (Lipinski definition) is 0. The molecule has 116 valence electrons. The molecule has 0 fully saturated rings. The maximum Gasteiger partial charge on any atom is 0.192 e. The summed E-state index contributed by atoms with van der Waals surface area (Å²) in [5.74, 6) is 0.977. The van der Waals surface area contributed by atoms with Gasteiger partial charge in [0.15, 0.2) is 8.32 Å². The molecule has 0 aliphatic carbocycles. The Bertz CT molecular complexity index is 606. The van der Waals surface area contributed by atoms with Crippen molar-refractivity contribution in [1.29, 1.82) is 0 Å². The lowest BCUT2D eigenvalue weighted by Gasteiger charge is -2.36. The van der Waals surface area contributed by atoms with Crippen molar-refractivity contribution >= 4 is 35.8 Å². The molecule has 2 aromatic rings. The summed E-state index contributed by atoms with van der Waals surface area (Å²) in [5, 5.41) is 0.255. The van der Waals surface area contributed by atoms with E-state index < -0.39 is 8.32 Å². The van der Waals surface area contributed by atoms with Gasteiger partial charge in [0.1, 0.15) is 16.2 Å². The van der Waals surface area contributed by atoms with Gasteiger partial charge in [-0.2, -0.15) is 0 Å². The zero-order valence-corrected chi connectivity index (χ0v) is 15.6. The van der Waals surface area contributed by atoms with Gasteiger partial charge >= 0.3 is 0 Å². The van der Waals surface area contributed by atoms with Gasteiger partial charge in [0.2, 0.25) is 0 Å². The predicted octanol–water partition coefficient (Wildman–Crippen LogP) is 4.15. The molecule has 4 nitrogen and oxygen atoms in total. The zero-order chi connectivity index (χ0) is 15.7. The third-order valence-electron chi connectivity index (χ3n) is 4.27. The van der Waals surface area contributed by atoms with E-state index >= 15 is 0 Å². The first-order valence-electron chi connectivity index (χ1n) is 7.26. The summed E-state index contributed by atoms with van der Waals surface area (Å²) in [6.07, 6.45) is 0. The summed E-state index contributed by atoms with van der Waals surface area (Å²) in [6, 6.07) is 4.05. The molecule has 0 saturated heterocycles. The molecular weight excluding hydrogens is 298 g/mol.